The van der Waals surface area contributed by atoms with Crippen LogP contribution in [-0.2, 0) is 0 Å². The van der Waals surface area contributed by atoms with Gasteiger partial charge in [0.05, 0.1) is 0 Å². The van der Waals surface area contributed by atoms with Crippen LogP contribution in [0.5, 0.6) is 0 Å². The third-order valence-corrected chi connectivity index (χ3v) is 5.01. The lowest BCUT2D eigenvalue weighted by molar-refractivity contribution is 0.819. The number of benzene rings is 1. The highest BCUT2D eigenvalue weighted by molar-refractivity contribution is 9.10. The third kappa shape index (κ3) is 3.49. The fourth-order valence-corrected chi connectivity index (χ4v) is 3.43. The van der Waals surface area contributed by atoms with Gasteiger partial charge in [0.1, 0.15) is 5.82 Å². The normalized spacial score (nSPS) is 12.4. The van der Waals surface area contributed by atoms with Gasteiger partial charge in [-0.2, -0.15) is 0 Å². The summed E-state index contributed by atoms with van der Waals surface area (Å²) in [6, 6.07) is 9.93. The molecular weight excluding hydrogens is 322 g/mol. The quantitative estimate of drug-likeness (QED) is 0.837. The smallest absolute Gasteiger partial charge is 0.128 e. The molecule has 100 valence electrons. The Morgan fingerprint density at radius 3 is 2.74 bits per heavy atom. The Labute approximate surface area is 125 Å². The molecule has 0 amide bonds. The van der Waals surface area contributed by atoms with Gasteiger partial charge >= 0.3 is 0 Å². The van der Waals surface area contributed by atoms with Crippen LogP contribution in [0, 0.1) is 6.92 Å². The first kappa shape index (κ1) is 14.4. The van der Waals surface area contributed by atoms with Gasteiger partial charge in [-0.3, -0.25) is 0 Å². The number of hydrogen-bond acceptors (Lipinski definition) is 4. The number of nitrogens with zero attached hydrogens (tertiary/aromatic N) is 1. The van der Waals surface area contributed by atoms with Crippen LogP contribution in [0.15, 0.2) is 45.9 Å². The number of pyridine rings is 1. The molecule has 2 rings (SSSR count). The number of hydrogen-bond donors (Lipinski definition) is 2. The number of anilines is 1. The van der Waals surface area contributed by atoms with E-state index in [0.29, 0.717) is 5.82 Å². The highest BCUT2D eigenvalue weighted by atomic mass is 79.9. The summed E-state index contributed by atoms with van der Waals surface area (Å²) in [4.78, 5) is 5.29. The van der Waals surface area contributed by atoms with E-state index in [9.17, 15) is 0 Å². The molecule has 1 aromatic carbocycles. The predicted molar refractivity (Wildman–Crippen MR) is 85.2 cm³/mol. The minimum atomic E-state index is -0.120. The molecule has 0 aliphatic carbocycles. The van der Waals surface area contributed by atoms with Crippen molar-refractivity contribution < 1.29 is 0 Å². The van der Waals surface area contributed by atoms with Crippen molar-refractivity contribution in [3.8, 4) is 0 Å². The maximum atomic E-state index is 6.24. The summed E-state index contributed by atoms with van der Waals surface area (Å²) in [6.07, 6.45) is 1.71. The third-order valence-electron chi connectivity index (χ3n) is 2.86. The van der Waals surface area contributed by atoms with Crippen LogP contribution >= 0.6 is 27.7 Å². The molecule has 0 saturated heterocycles. The number of nitrogen functional groups attached to an aromatic ring is 1. The van der Waals surface area contributed by atoms with Crippen molar-refractivity contribution in [2.75, 3.05) is 11.5 Å². The number of rotatable bonds is 4. The summed E-state index contributed by atoms with van der Waals surface area (Å²) in [5.41, 5.74) is 14.2. The van der Waals surface area contributed by atoms with E-state index < -0.39 is 0 Å². The molecule has 19 heavy (non-hydrogen) atoms. The zero-order valence-electron chi connectivity index (χ0n) is 10.6. The number of nitrogens with two attached hydrogens (primary N) is 2. The van der Waals surface area contributed by atoms with Gasteiger partial charge in [0.25, 0.3) is 0 Å². The second-order valence-corrected chi connectivity index (χ2v) is 6.19. The van der Waals surface area contributed by atoms with Crippen molar-refractivity contribution in [2.24, 2.45) is 5.73 Å². The van der Waals surface area contributed by atoms with Crippen molar-refractivity contribution in [2.45, 2.75) is 17.9 Å². The molecule has 0 spiro atoms. The second kappa shape index (κ2) is 6.41. The number of aromatic nitrogens is 1. The van der Waals surface area contributed by atoms with E-state index in [1.54, 1.807) is 18.0 Å². The van der Waals surface area contributed by atoms with Gasteiger partial charge in [-0.25, -0.2) is 4.98 Å². The van der Waals surface area contributed by atoms with E-state index in [2.05, 4.69) is 27.0 Å². The van der Waals surface area contributed by atoms with Gasteiger partial charge in [-0.05, 0) is 46.6 Å². The van der Waals surface area contributed by atoms with E-state index in [-0.39, 0.29) is 6.04 Å². The van der Waals surface area contributed by atoms with Crippen LogP contribution in [0.4, 0.5) is 5.82 Å². The van der Waals surface area contributed by atoms with Crippen LogP contribution in [0.25, 0.3) is 0 Å². The fraction of sp³-hybridized carbons (Fsp3) is 0.214. The molecule has 0 aliphatic heterocycles. The Morgan fingerprint density at radius 1 is 1.32 bits per heavy atom. The first-order chi connectivity index (χ1) is 9.09. The average molecular weight is 338 g/mol. The maximum Gasteiger partial charge on any atom is 0.128 e. The molecule has 3 nitrogen and oxygen atoms in total. The highest BCUT2D eigenvalue weighted by Gasteiger charge is 2.14. The second-order valence-electron chi connectivity index (χ2n) is 4.27. The van der Waals surface area contributed by atoms with Crippen LogP contribution < -0.4 is 11.5 Å². The van der Waals surface area contributed by atoms with Gasteiger partial charge in [0, 0.05) is 32.9 Å². The van der Waals surface area contributed by atoms with Crippen molar-refractivity contribution in [1.82, 2.24) is 4.98 Å². The lowest BCUT2D eigenvalue weighted by Gasteiger charge is -2.16. The van der Waals surface area contributed by atoms with E-state index in [1.807, 2.05) is 31.2 Å². The number of halogens is 1. The summed E-state index contributed by atoms with van der Waals surface area (Å²) in [6.45, 7) is 2.01. The van der Waals surface area contributed by atoms with Gasteiger partial charge in [-0.15, -0.1) is 11.8 Å². The first-order valence-electron chi connectivity index (χ1n) is 5.93. The summed E-state index contributed by atoms with van der Waals surface area (Å²) in [5.74, 6) is 1.29. The van der Waals surface area contributed by atoms with Gasteiger partial charge < -0.3 is 11.5 Å². The van der Waals surface area contributed by atoms with E-state index >= 15 is 0 Å². The average Bonchev–Trinajstić information content (AvgIpc) is 2.37. The van der Waals surface area contributed by atoms with E-state index in [1.165, 1.54) is 4.90 Å². The fourth-order valence-electron chi connectivity index (χ4n) is 1.90. The summed E-state index contributed by atoms with van der Waals surface area (Å²) in [7, 11) is 0. The van der Waals surface area contributed by atoms with E-state index in [0.717, 1.165) is 21.4 Å². The molecule has 0 radical (unpaired) electrons. The van der Waals surface area contributed by atoms with Crippen LogP contribution in [-0.4, -0.2) is 10.7 Å². The monoisotopic (exact) mass is 337 g/mol. The Balaban J connectivity index is 2.10. The summed E-state index contributed by atoms with van der Waals surface area (Å²) < 4.78 is 1.09. The van der Waals surface area contributed by atoms with Crippen molar-refractivity contribution in [3.63, 3.8) is 0 Å². The molecule has 1 unspecified atom stereocenters. The van der Waals surface area contributed by atoms with E-state index in [4.69, 9.17) is 11.5 Å². The van der Waals surface area contributed by atoms with Crippen LogP contribution in [0.2, 0.25) is 0 Å². The minimum Gasteiger partial charge on any atom is -0.383 e. The standard InChI is InChI=1S/C14H16BrN3S/c1-9-6-7-18-14(17)13(9)11(16)8-19-12-5-3-2-4-10(12)15/h2-7,11H,8,16H2,1H3,(H2,17,18). The minimum absolute atomic E-state index is 0.120. The Kier molecular flexibility index (Phi) is 4.85. The first-order valence-corrected chi connectivity index (χ1v) is 7.71. The topological polar surface area (TPSA) is 64.9 Å². The van der Waals surface area contributed by atoms with Crippen LogP contribution in [0.3, 0.4) is 0 Å². The Morgan fingerprint density at radius 2 is 2.05 bits per heavy atom. The van der Waals surface area contributed by atoms with Crippen molar-refractivity contribution >= 4 is 33.5 Å². The highest BCUT2D eigenvalue weighted by Crippen LogP contribution is 2.31. The van der Waals surface area contributed by atoms with Gasteiger partial charge in [0.2, 0.25) is 0 Å². The van der Waals surface area contributed by atoms with Gasteiger partial charge in [-0.1, -0.05) is 12.1 Å². The molecule has 2 aromatic rings. The summed E-state index contributed by atoms with van der Waals surface area (Å²) in [5, 5.41) is 0. The van der Waals surface area contributed by atoms with Crippen molar-refractivity contribution in [3.05, 3.63) is 52.1 Å². The van der Waals surface area contributed by atoms with Crippen LogP contribution in [0.1, 0.15) is 17.2 Å². The molecule has 0 bridgehead atoms. The number of thioether (sulfide) groups is 1. The zero-order chi connectivity index (χ0) is 13.8. The molecule has 0 fully saturated rings. The predicted octanol–water partition coefficient (Wildman–Crippen LogP) is 3.53. The molecule has 1 heterocycles. The zero-order valence-corrected chi connectivity index (χ0v) is 13.0. The largest absolute Gasteiger partial charge is 0.383 e. The molecular formula is C14H16BrN3S. The molecule has 4 N–H and O–H groups in total. The van der Waals surface area contributed by atoms with Gasteiger partial charge in [0.15, 0.2) is 0 Å². The van der Waals surface area contributed by atoms with Crippen molar-refractivity contribution in [1.29, 1.82) is 0 Å². The number of aryl methyl sites for hydroxylation is 1. The maximum absolute atomic E-state index is 6.24. The SMILES string of the molecule is Cc1ccnc(N)c1C(N)CSc1ccccc1Br. The Hall–Kier alpha value is -1.04. The lowest BCUT2D eigenvalue weighted by Crippen LogP contribution is -2.17. The summed E-state index contributed by atoms with van der Waals surface area (Å²) >= 11 is 5.25. The molecule has 1 atom stereocenters. The Bertz CT molecular complexity index is 554. The lowest BCUT2D eigenvalue weighted by atomic mass is 10.1. The molecule has 0 saturated carbocycles. The molecule has 5 heteroatoms. The molecule has 0 aliphatic rings. The molecule has 1 aromatic heterocycles.